The van der Waals surface area contributed by atoms with Crippen LogP contribution in [-0.4, -0.2) is 42.8 Å². The van der Waals surface area contributed by atoms with Crippen molar-refractivity contribution in [3.63, 3.8) is 0 Å². The Labute approximate surface area is 257 Å². The second kappa shape index (κ2) is 17.3. The SMILES string of the molecule is CCOC(=O)CC(=O)Nc1cc(C)ccc1Cl.[C-]#[N+]CC(=O)c1ccc(NC(=O)C(CC)Oc2ccc(C)cc2C)cc1. The van der Waals surface area contributed by atoms with Gasteiger partial charge in [0.2, 0.25) is 11.7 Å². The molecule has 0 saturated carbocycles. The fourth-order valence-electron chi connectivity index (χ4n) is 3.80. The molecule has 3 aromatic rings. The van der Waals surface area contributed by atoms with Crippen molar-refractivity contribution >= 4 is 46.5 Å². The number of ketones is 1. The van der Waals surface area contributed by atoms with Crippen LogP contribution in [0.3, 0.4) is 0 Å². The van der Waals surface area contributed by atoms with Gasteiger partial charge in [-0.15, -0.1) is 0 Å². The van der Waals surface area contributed by atoms with Gasteiger partial charge in [0.05, 0.1) is 17.3 Å². The Balaban J connectivity index is 0.000000329. The maximum absolute atomic E-state index is 12.5. The van der Waals surface area contributed by atoms with E-state index in [-0.39, 0.29) is 31.3 Å². The number of anilines is 2. The smallest absolute Gasteiger partial charge is 0.315 e. The van der Waals surface area contributed by atoms with E-state index in [1.165, 1.54) is 0 Å². The Kier molecular flexibility index (Phi) is 13.9. The summed E-state index contributed by atoms with van der Waals surface area (Å²) in [7, 11) is 0. The lowest BCUT2D eigenvalue weighted by Crippen LogP contribution is -2.32. The summed E-state index contributed by atoms with van der Waals surface area (Å²) < 4.78 is 10.5. The van der Waals surface area contributed by atoms with Gasteiger partial charge < -0.3 is 25.0 Å². The van der Waals surface area contributed by atoms with Gasteiger partial charge in [0.1, 0.15) is 12.2 Å². The van der Waals surface area contributed by atoms with Crippen molar-refractivity contribution in [2.24, 2.45) is 0 Å². The number of rotatable bonds is 11. The molecule has 0 heterocycles. The number of esters is 1. The first-order valence-corrected chi connectivity index (χ1v) is 14.1. The number of carbonyl (C=O) groups excluding carboxylic acids is 4. The predicted molar refractivity (Wildman–Crippen MR) is 168 cm³/mol. The highest BCUT2D eigenvalue weighted by atomic mass is 35.5. The maximum atomic E-state index is 12.5. The van der Waals surface area contributed by atoms with Gasteiger partial charge in [0.15, 0.2) is 6.10 Å². The highest BCUT2D eigenvalue weighted by Gasteiger charge is 2.20. The van der Waals surface area contributed by atoms with Crippen molar-refractivity contribution in [2.45, 2.75) is 53.6 Å². The third-order valence-electron chi connectivity index (χ3n) is 5.97. The molecule has 9 nitrogen and oxygen atoms in total. The summed E-state index contributed by atoms with van der Waals surface area (Å²) in [5.41, 5.74) is 4.63. The molecule has 2 amide bonds. The summed E-state index contributed by atoms with van der Waals surface area (Å²) in [5.74, 6) is -0.766. The minimum absolute atomic E-state index is 0.173. The van der Waals surface area contributed by atoms with Gasteiger partial charge in [-0.25, -0.2) is 6.57 Å². The molecule has 0 fully saturated rings. The second-order valence-electron chi connectivity index (χ2n) is 9.60. The van der Waals surface area contributed by atoms with E-state index in [1.54, 1.807) is 43.3 Å². The molecule has 43 heavy (non-hydrogen) atoms. The zero-order chi connectivity index (χ0) is 31.9. The van der Waals surface area contributed by atoms with Crippen LogP contribution in [0, 0.1) is 27.3 Å². The second-order valence-corrected chi connectivity index (χ2v) is 10.0. The van der Waals surface area contributed by atoms with Gasteiger partial charge >= 0.3 is 5.97 Å². The van der Waals surface area contributed by atoms with E-state index in [0.717, 1.165) is 16.7 Å². The normalized spacial score (nSPS) is 10.7. The van der Waals surface area contributed by atoms with Crippen LogP contribution in [0.2, 0.25) is 5.02 Å². The molecule has 0 bridgehead atoms. The van der Waals surface area contributed by atoms with Crippen LogP contribution in [-0.2, 0) is 19.1 Å². The number of benzene rings is 3. The number of nitrogens with zero attached hydrogens (tertiary/aromatic N) is 1. The van der Waals surface area contributed by atoms with E-state index in [1.807, 2.05) is 52.0 Å². The van der Waals surface area contributed by atoms with Crippen molar-refractivity contribution in [2.75, 3.05) is 23.8 Å². The number of halogens is 1. The Morgan fingerprint density at radius 3 is 2.16 bits per heavy atom. The van der Waals surface area contributed by atoms with Gasteiger partial charge in [0.25, 0.3) is 12.5 Å². The average molecular weight is 606 g/mol. The molecule has 0 saturated heterocycles. The highest BCUT2D eigenvalue weighted by Crippen LogP contribution is 2.23. The molecular weight excluding hydrogens is 570 g/mol. The number of carbonyl (C=O) groups is 4. The number of aryl methyl sites for hydroxylation is 3. The predicted octanol–water partition coefficient (Wildman–Crippen LogP) is 6.74. The minimum atomic E-state index is -0.611. The molecular formula is C33H36ClN3O6. The van der Waals surface area contributed by atoms with Gasteiger partial charge in [0, 0.05) is 11.3 Å². The molecule has 0 aliphatic carbocycles. The van der Waals surface area contributed by atoms with Gasteiger partial charge in [-0.05, 0) is 87.7 Å². The molecule has 3 rings (SSSR count). The van der Waals surface area contributed by atoms with E-state index in [4.69, 9.17) is 22.9 Å². The summed E-state index contributed by atoms with van der Waals surface area (Å²) in [6.45, 7) is 16.2. The number of hydrogen-bond donors (Lipinski definition) is 2. The largest absolute Gasteiger partial charge is 0.480 e. The molecule has 0 aliphatic heterocycles. The van der Waals surface area contributed by atoms with Crippen LogP contribution in [0.1, 0.15) is 53.7 Å². The van der Waals surface area contributed by atoms with Crippen molar-refractivity contribution < 1.29 is 28.7 Å². The average Bonchev–Trinajstić information content (AvgIpc) is 2.95. The van der Waals surface area contributed by atoms with Crippen molar-refractivity contribution in [3.8, 4) is 5.75 Å². The Bertz CT molecular complexity index is 1480. The lowest BCUT2D eigenvalue weighted by Gasteiger charge is -2.19. The Hall–Kier alpha value is -4.68. The topological polar surface area (TPSA) is 115 Å². The molecule has 10 heteroatoms. The number of hydrogen-bond acceptors (Lipinski definition) is 6. The summed E-state index contributed by atoms with van der Waals surface area (Å²) in [4.78, 5) is 49.8. The van der Waals surface area contributed by atoms with Crippen LogP contribution >= 0.6 is 11.6 Å². The van der Waals surface area contributed by atoms with E-state index in [9.17, 15) is 19.2 Å². The summed E-state index contributed by atoms with van der Waals surface area (Å²) in [6.07, 6.45) is -0.390. The first-order valence-electron chi connectivity index (χ1n) is 13.7. The zero-order valence-corrected chi connectivity index (χ0v) is 25.7. The molecule has 1 atom stereocenters. The minimum Gasteiger partial charge on any atom is -0.480 e. The molecule has 2 N–H and O–H groups in total. The van der Waals surface area contributed by atoms with Crippen LogP contribution in [0.25, 0.3) is 4.85 Å². The third-order valence-corrected chi connectivity index (χ3v) is 6.30. The Morgan fingerprint density at radius 2 is 1.56 bits per heavy atom. The van der Waals surface area contributed by atoms with E-state index in [2.05, 4.69) is 20.2 Å². The van der Waals surface area contributed by atoms with Crippen LogP contribution in [0.5, 0.6) is 5.75 Å². The molecule has 226 valence electrons. The number of amides is 2. The standard InChI is InChI=1S/C21H22N2O3.C12H14ClNO3/c1-5-19(26-20-11-6-14(2)12-15(20)3)21(25)23-17-9-7-16(8-10-17)18(24)13-22-4;1-3-17-12(16)7-11(15)14-10-6-8(2)4-5-9(10)13/h6-12,19H,5,13H2,1-3H3,(H,23,25);4-6H,3,7H2,1-2H3,(H,14,15). The van der Waals surface area contributed by atoms with Crippen LogP contribution < -0.4 is 15.4 Å². The third kappa shape index (κ3) is 11.6. The molecule has 0 aromatic heterocycles. The quantitative estimate of drug-likeness (QED) is 0.108. The fourth-order valence-corrected chi connectivity index (χ4v) is 3.97. The van der Waals surface area contributed by atoms with Crippen LogP contribution in [0.15, 0.2) is 60.7 Å². The fraction of sp³-hybridized carbons (Fsp3) is 0.303. The van der Waals surface area contributed by atoms with Crippen molar-refractivity contribution in [1.82, 2.24) is 0 Å². The van der Waals surface area contributed by atoms with Gasteiger partial charge in [-0.1, -0.05) is 42.3 Å². The van der Waals surface area contributed by atoms with Crippen molar-refractivity contribution in [1.29, 1.82) is 0 Å². The number of Topliss-reactive ketones (excluding diaryl/α,β-unsaturated/α-hetero) is 1. The first-order chi connectivity index (χ1) is 20.5. The number of nitrogens with one attached hydrogen (secondary N) is 2. The summed E-state index contributed by atoms with van der Waals surface area (Å²) >= 11 is 5.91. The number of ether oxygens (including phenoxy) is 2. The summed E-state index contributed by atoms with van der Waals surface area (Å²) in [6, 6.07) is 17.6. The zero-order valence-electron chi connectivity index (χ0n) is 25.0. The summed E-state index contributed by atoms with van der Waals surface area (Å²) in [5, 5.41) is 5.81. The molecule has 0 radical (unpaired) electrons. The van der Waals surface area contributed by atoms with E-state index >= 15 is 0 Å². The van der Waals surface area contributed by atoms with E-state index < -0.39 is 18.0 Å². The Morgan fingerprint density at radius 1 is 0.907 bits per heavy atom. The van der Waals surface area contributed by atoms with Crippen molar-refractivity contribution in [3.05, 3.63) is 99.4 Å². The molecule has 1 unspecified atom stereocenters. The monoisotopic (exact) mass is 605 g/mol. The molecule has 0 aliphatic rings. The molecule has 0 spiro atoms. The van der Waals surface area contributed by atoms with Crippen LogP contribution in [0.4, 0.5) is 11.4 Å². The lowest BCUT2D eigenvalue weighted by molar-refractivity contribution is -0.145. The first kappa shape index (κ1) is 34.5. The maximum Gasteiger partial charge on any atom is 0.315 e. The highest BCUT2D eigenvalue weighted by molar-refractivity contribution is 6.33. The molecule has 3 aromatic carbocycles. The van der Waals surface area contributed by atoms with Gasteiger partial charge in [-0.3, -0.25) is 19.2 Å². The van der Waals surface area contributed by atoms with Gasteiger partial charge in [-0.2, -0.15) is 0 Å². The van der Waals surface area contributed by atoms with E-state index in [0.29, 0.717) is 34.1 Å². The lowest BCUT2D eigenvalue weighted by atomic mass is 10.1.